The lowest BCUT2D eigenvalue weighted by Crippen LogP contribution is -2.41. The van der Waals surface area contributed by atoms with Crippen LogP contribution in [0.1, 0.15) is 16.8 Å². The van der Waals surface area contributed by atoms with Crippen LogP contribution in [0.3, 0.4) is 0 Å². The summed E-state index contributed by atoms with van der Waals surface area (Å²) >= 11 is 0. The van der Waals surface area contributed by atoms with Gasteiger partial charge in [-0.1, -0.05) is 0 Å². The fraction of sp³-hybridized carbons (Fsp3) is 0.667. The zero-order valence-corrected chi connectivity index (χ0v) is 12.0. The fourth-order valence-electron chi connectivity index (χ4n) is 3.40. The molecular weight excluding hydrogens is 256 g/mol. The van der Waals surface area contributed by atoms with Crippen molar-refractivity contribution < 1.29 is 13.9 Å². The van der Waals surface area contributed by atoms with Gasteiger partial charge in [0.2, 0.25) is 0 Å². The molecule has 110 valence electrons. The number of carbonyl (C=O) groups is 1. The smallest absolute Gasteiger partial charge is 0.257 e. The maximum Gasteiger partial charge on any atom is 0.257 e. The molecular formula is C15H22N2O3. The molecule has 0 unspecified atom stereocenters. The number of amides is 1. The minimum atomic E-state index is 0.108. The van der Waals surface area contributed by atoms with Crippen molar-refractivity contribution in [2.45, 2.75) is 6.42 Å². The molecule has 2 atom stereocenters. The number of likely N-dealkylation sites (tertiary alicyclic amines) is 2. The largest absolute Gasteiger partial charge is 0.472 e. The number of ether oxygens (including phenoxy) is 1. The van der Waals surface area contributed by atoms with Gasteiger partial charge in [0.05, 0.1) is 18.4 Å². The first-order valence-corrected chi connectivity index (χ1v) is 7.30. The molecule has 3 heterocycles. The van der Waals surface area contributed by atoms with Crippen LogP contribution in [0.2, 0.25) is 0 Å². The lowest BCUT2D eigenvalue weighted by atomic mass is 9.89. The van der Waals surface area contributed by atoms with Crippen LogP contribution in [0.15, 0.2) is 23.0 Å². The molecule has 3 rings (SSSR count). The number of piperidine rings is 1. The number of rotatable bonds is 4. The van der Waals surface area contributed by atoms with Gasteiger partial charge in [0.1, 0.15) is 6.26 Å². The molecule has 5 nitrogen and oxygen atoms in total. The van der Waals surface area contributed by atoms with Crippen molar-refractivity contribution in [3.05, 3.63) is 24.2 Å². The number of fused-ring (bicyclic) bond motifs is 1. The third-order valence-corrected chi connectivity index (χ3v) is 4.55. The zero-order chi connectivity index (χ0) is 13.9. The number of furan rings is 1. The summed E-state index contributed by atoms with van der Waals surface area (Å²) in [6, 6.07) is 1.75. The Morgan fingerprint density at radius 1 is 1.40 bits per heavy atom. The summed E-state index contributed by atoms with van der Waals surface area (Å²) in [6.45, 7) is 5.76. The Balaban J connectivity index is 1.57. The maximum atomic E-state index is 12.3. The maximum absolute atomic E-state index is 12.3. The Hall–Kier alpha value is -1.33. The normalized spacial score (nSPS) is 26.8. The number of methoxy groups -OCH3 is 1. The second kappa shape index (κ2) is 5.97. The van der Waals surface area contributed by atoms with Gasteiger partial charge in [-0.25, -0.2) is 0 Å². The quantitative estimate of drug-likeness (QED) is 0.833. The van der Waals surface area contributed by atoms with Gasteiger partial charge < -0.3 is 19.0 Å². The van der Waals surface area contributed by atoms with Crippen molar-refractivity contribution >= 4 is 5.91 Å². The second-order valence-corrected chi connectivity index (χ2v) is 5.82. The lowest BCUT2D eigenvalue weighted by molar-refractivity contribution is 0.0782. The van der Waals surface area contributed by atoms with E-state index in [1.54, 1.807) is 19.4 Å². The first-order valence-electron chi connectivity index (χ1n) is 7.30. The van der Waals surface area contributed by atoms with Gasteiger partial charge in [-0.3, -0.25) is 4.79 Å². The molecule has 0 bridgehead atoms. The highest BCUT2D eigenvalue weighted by Crippen LogP contribution is 2.31. The van der Waals surface area contributed by atoms with Crippen molar-refractivity contribution in [1.29, 1.82) is 0 Å². The highest BCUT2D eigenvalue weighted by molar-refractivity contribution is 5.94. The third kappa shape index (κ3) is 2.74. The van der Waals surface area contributed by atoms with Crippen molar-refractivity contribution in [2.75, 3.05) is 46.4 Å². The first-order chi connectivity index (χ1) is 9.78. The molecule has 1 aromatic heterocycles. The van der Waals surface area contributed by atoms with Crippen LogP contribution < -0.4 is 0 Å². The van der Waals surface area contributed by atoms with Gasteiger partial charge in [-0.15, -0.1) is 0 Å². The van der Waals surface area contributed by atoms with Crippen LogP contribution in [0.25, 0.3) is 0 Å². The molecule has 1 amide bonds. The molecule has 2 saturated heterocycles. The summed E-state index contributed by atoms with van der Waals surface area (Å²) < 4.78 is 10.2. The highest BCUT2D eigenvalue weighted by Gasteiger charge is 2.38. The van der Waals surface area contributed by atoms with E-state index in [4.69, 9.17) is 9.15 Å². The second-order valence-electron chi connectivity index (χ2n) is 5.82. The lowest BCUT2D eigenvalue weighted by Gasteiger charge is -2.33. The summed E-state index contributed by atoms with van der Waals surface area (Å²) in [5.74, 6) is 1.37. The average Bonchev–Trinajstić information content (AvgIpc) is 3.12. The highest BCUT2D eigenvalue weighted by atomic mass is 16.5. The van der Waals surface area contributed by atoms with Gasteiger partial charge in [-0.05, 0) is 30.9 Å². The van der Waals surface area contributed by atoms with Crippen LogP contribution in [-0.2, 0) is 4.74 Å². The Bertz CT molecular complexity index is 446. The fourth-order valence-corrected chi connectivity index (χ4v) is 3.40. The molecule has 0 N–H and O–H groups in total. The van der Waals surface area contributed by atoms with Gasteiger partial charge in [0, 0.05) is 33.3 Å². The van der Waals surface area contributed by atoms with Crippen molar-refractivity contribution in [1.82, 2.24) is 9.80 Å². The van der Waals surface area contributed by atoms with Gasteiger partial charge in [0.25, 0.3) is 5.91 Å². The summed E-state index contributed by atoms with van der Waals surface area (Å²) in [6.07, 6.45) is 4.28. The van der Waals surface area contributed by atoms with E-state index in [-0.39, 0.29) is 5.91 Å². The van der Waals surface area contributed by atoms with Crippen LogP contribution >= 0.6 is 0 Å². The molecule has 2 fully saturated rings. The van der Waals surface area contributed by atoms with E-state index in [9.17, 15) is 4.79 Å². The van der Waals surface area contributed by atoms with E-state index in [0.717, 1.165) is 39.3 Å². The summed E-state index contributed by atoms with van der Waals surface area (Å²) in [5, 5.41) is 0. The van der Waals surface area contributed by atoms with E-state index < -0.39 is 0 Å². The van der Waals surface area contributed by atoms with E-state index in [0.29, 0.717) is 17.4 Å². The van der Waals surface area contributed by atoms with Crippen LogP contribution in [0.4, 0.5) is 0 Å². The van der Waals surface area contributed by atoms with E-state index in [2.05, 4.69) is 4.90 Å². The first kappa shape index (κ1) is 13.6. The zero-order valence-electron chi connectivity index (χ0n) is 12.0. The predicted octanol–water partition coefficient (Wildman–Crippen LogP) is 1.32. The molecule has 2 aliphatic heterocycles. The Morgan fingerprint density at radius 3 is 3.00 bits per heavy atom. The molecule has 0 aromatic carbocycles. The molecule has 0 aliphatic carbocycles. The van der Waals surface area contributed by atoms with Gasteiger partial charge in [0.15, 0.2) is 0 Å². The Labute approximate surface area is 119 Å². The minimum Gasteiger partial charge on any atom is -0.472 e. The van der Waals surface area contributed by atoms with Gasteiger partial charge in [-0.2, -0.15) is 0 Å². The Morgan fingerprint density at radius 2 is 2.25 bits per heavy atom. The molecule has 1 aromatic rings. The standard InChI is InChI=1S/C15H22N2O3/c1-19-7-5-16-4-2-12-9-17(10-14(12)8-16)15(18)13-3-6-20-11-13/h3,6,11-12,14H,2,4-5,7-10H2,1H3/t12-,14+/m0/s1. The van der Waals surface area contributed by atoms with Crippen molar-refractivity contribution in [3.63, 3.8) is 0 Å². The SMILES string of the molecule is COCCN1CC[C@H]2CN(C(=O)c3ccoc3)C[C@H]2C1. The number of hydrogen-bond donors (Lipinski definition) is 0. The van der Waals surface area contributed by atoms with Crippen LogP contribution in [-0.4, -0.2) is 62.1 Å². The van der Waals surface area contributed by atoms with E-state index in [1.807, 2.05) is 4.90 Å². The van der Waals surface area contributed by atoms with Crippen molar-refractivity contribution in [2.24, 2.45) is 11.8 Å². The minimum absolute atomic E-state index is 0.108. The summed E-state index contributed by atoms with van der Waals surface area (Å²) in [4.78, 5) is 16.8. The predicted molar refractivity (Wildman–Crippen MR) is 74.5 cm³/mol. The number of hydrogen-bond acceptors (Lipinski definition) is 4. The molecule has 0 saturated carbocycles. The topological polar surface area (TPSA) is 45.9 Å². The van der Waals surface area contributed by atoms with E-state index in [1.165, 1.54) is 12.7 Å². The molecule has 20 heavy (non-hydrogen) atoms. The monoisotopic (exact) mass is 278 g/mol. The number of carbonyl (C=O) groups excluding carboxylic acids is 1. The molecule has 5 heteroatoms. The number of nitrogens with zero attached hydrogens (tertiary/aromatic N) is 2. The molecule has 2 aliphatic rings. The average molecular weight is 278 g/mol. The summed E-state index contributed by atoms with van der Waals surface area (Å²) in [5.41, 5.74) is 0.667. The van der Waals surface area contributed by atoms with Crippen LogP contribution in [0, 0.1) is 11.8 Å². The Kier molecular flexibility index (Phi) is 4.08. The summed E-state index contributed by atoms with van der Waals surface area (Å²) in [7, 11) is 1.74. The molecule has 0 spiro atoms. The molecule has 0 radical (unpaired) electrons. The van der Waals surface area contributed by atoms with Crippen molar-refractivity contribution in [3.8, 4) is 0 Å². The third-order valence-electron chi connectivity index (χ3n) is 4.55. The van der Waals surface area contributed by atoms with E-state index >= 15 is 0 Å². The van der Waals surface area contributed by atoms with Crippen LogP contribution in [0.5, 0.6) is 0 Å². The van der Waals surface area contributed by atoms with Gasteiger partial charge >= 0.3 is 0 Å².